The number of alkyl halides is 1. The molecule has 1 aromatic carbocycles. The lowest BCUT2D eigenvalue weighted by Crippen LogP contribution is -2.59. The first-order chi connectivity index (χ1) is 19.6. The summed E-state index contributed by atoms with van der Waals surface area (Å²) in [7, 11) is 0. The Morgan fingerprint density at radius 1 is 1.22 bits per heavy atom. The van der Waals surface area contributed by atoms with E-state index >= 15 is 0 Å². The Morgan fingerprint density at radius 2 is 1.88 bits per heavy atom. The zero-order chi connectivity index (χ0) is 30.1. The van der Waals surface area contributed by atoms with Crippen LogP contribution in [-0.4, -0.2) is 87.5 Å². The van der Waals surface area contributed by atoms with E-state index in [0.717, 1.165) is 6.42 Å². The number of halogens is 2. The van der Waals surface area contributed by atoms with E-state index in [1.165, 1.54) is 4.90 Å². The Labute approximate surface area is 256 Å². The molecule has 3 unspecified atom stereocenters. The van der Waals surface area contributed by atoms with Crippen molar-refractivity contribution in [1.82, 2.24) is 9.80 Å². The number of hydrogen-bond acceptors (Lipinski definition) is 5. The number of rotatable bonds is 13. The van der Waals surface area contributed by atoms with Gasteiger partial charge in [-0.05, 0) is 49.4 Å². The van der Waals surface area contributed by atoms with Gasteiger partial charge < -0.3 is 24.5 Å². The molecule has 4 rings (SSSR count). The fraction of sp³-hybridized carbons (Fsp3) is 0.581. The van der Waals surface area contributed by atoms with E-state index in [-0.39, 0.29) is 41.6 Å². The summed E-state index contributed by atoms with van der Waals surface area (Å²) in [5, 5.41) is 11.1. The quantitative estimate of drug-likeness (QED) is 0.252. The van der Waals surface area contributed by atoms with Crippen LogP contribution in [-0.2, 0) is 19.1 Å². The summed E-state index contributed by atoms with van der Waals surface area (Å²) in [5.41, 5.74) is -0.623. The summed E-state index contributed by atoms with van der Waals surface area (Å²) < 4.78 is 6.69. The first kappa shape index (κ1) is 31.7. The average Bonchev–Trinajstić information content (AvgIpc) is 3.53. The highest BCUT2D eigenvalue weighted by Crippen LogP contribution is 2.61. The van der Waals surface area contributed by atoms with Crippen LogP contribution in [0, 0.1) is 17.8 Å². The van der Waals surface area contributed by atoms with Gasteiger partial charge in [-0.15, -0.1) is 13.2 Å². The Bertz CT molecular complexity index is 1160. The second-order valence-corrected chi connectivity index (χ2v) is 13.3. The minimum Gasteiger partial charge on any atom is -0.394 e. The largest absolute Gasteiger partial charge is 0.394 e. The molecule has 1 spiro atoms. The summed E-state index contributed by atoms with van der Waals surface area (Å²) in [6.45, 7) is 14.5. The normalized spacial score (nSPS) is 29.0. The van der Waals surface area contributed by atoms with Gasteiger partial charge in [-0.2, -0.15) is 0 Å². The molecule has 1 N–H and O–H groups in total. The molecule has 3 aliphatic heterocycles. The van der Waals surface area contributed by atoms with Crippen molar-refractivity contribution >= 4 is 50.9 Å². The molecule has 0 aromatic heterocycles. The maximum absolute atomic E-state index is 14.7. The zero-order valence-electron chi connectivity index (χ0n) is 24.0. The number of carbonyl (C=O) groups is 3. The highest BCUT2D eigenvalue weighted by molar-refractivity contribution is 9.09. The zero-order valence-corrected chi connectivity index (χ0v) is 26.4. The van der Waals surface area contributed by atoms with Crippen LogP contribution in [0.3, 0.4) is 0 Å². The predicted octanol–water partition coefficient (Wildman–Crippen LogP) is 4.44. The number of amides is 3. The standard InChI is InChI=1S/C31H41BrClN3O5/c1-6-13-34(14-7-2)28(38)24-25-29(39)36(22(18-37)16-19(4)5)27(31(25)17-23(32)26(24)41-31)30(40)35(15-8-3)21-11-9-20(33)10-12-21/h6,8-12,19,22-27,37H,1,3,7,13-18H2,2,4-5H3/t22-,23?,24+,25+,26+,27?,31?/m1/s1. The summed E-state index contributed by atoms with van der Waals surface area (Å²) in [6, 6.07) is 5.27. The predicted molar refractivity (Wildman–Crippen MR) is 164 cm³/mol. The fourth-order valence-electron chi connectivity index (χ4n) is 6.99. The third-order valence-corrected chi connectivity index (χ3v) is 9.56. The molecule has 7 atom stereocenters. The Hall–Kier alpha value is -2.20. The van der Waals surface area contributed by atoms with Gasteiger partial charge >= 0.3 is 0 Å². The van der Waals surface area contributed by atoms with E-state index in [9.17, 15) is 19.5 Å². The van der Waals surface area contributed by atoms with Crippen LogP contribution in [0.15, 0.2) is 49.6 Å². The first-order valence-electron chi connectivity index (χ1n) is 14.4. The molecular formula is C31H41BrClN3O5. The van der Waals surface area contributed by atoms with Crippen molar-refractivity contribution in [3.8, 4) is 0 Å². The molecule has 224 valence electrons. The van der Waals surface area contributed by atoms with Gasteiger partial charge in [0.15, 0.2) is 0 Å². The molecule has 3 heterocycles. The van der Waals surface area contributed by atoms with Gasteiger partial charge in [0.25, 0.3) is 5.91 Å². The third-order valence-electron chi connectivity index (χ3n) is 8.46. The molecule has 3 amide bonds. The number of benzene rings is 1. The van der Waals surface area contributed by atoms with Gasteiger partial charge in [-0.3, -0.25) is 14.4 Å². The third kappa shape index (κ3) is 5.63. The Balaban J connectivity index is 1.85. The van der Waals surface area contributed by atoms with Crippen molar-refractivity contribution in [2.24, 2.45) is 17.8 Å². The van der Waals surface area contributed by atoms with Crippen LogP contribution >= 0.6 is 27.5 Å². The van der Waals surface area contributed by atoms with Gasteiger partial charge in [-0.25, -0.2) is 0 Å². The monoisotopic (exact) mass is 649 g/mol. The van der Waals surface area contributed by atoms with Crippen molar-refractivity contribution in [2.75, 3.05) is 31.1 Å². The Morgan fingerprint density at radius 3 is 2.44 bits per heavy atom. The molecule has 1 aromatic rings. The van der Waals surface area contributed by atoms with E-state index in [4.69, 9.17) is 16.3 Å². The minimum absolute atomic E-state index is 0.153. The molecule has 0 radical (unpaired) electrons. The number of likely N-dealkylation sites (tertiary alicyclic amines) is 1. The number of nitrogens with zero attached hydrogens (tertiary/aromatic N) is 3. The highest BCUT2D eigenvalue weighted by Gasteiger charge is 2.77. The van der Waals surface area contributed by atoms with Crippen LogP contribution < -0.4 is 4.90 Å². The van der Waals surface area contributed by atoms with E-state index in [1.54, 1.807) is 46.2 Å². The number of hydrogen-bond donors (Lipinski definition) is 1. The molecule has 3 fully saturated rings. The lowest BCUT2D eigenvalue weighted by atomic mass is 9.70. The number of aliphatic hydroxyl groups is 1. The van der Waals surface area contributed by atoms with Crippen LogP contribution in [0.4, 0.5) is 5.69 Å². The molecule has 3 saturated heterocycles. The first-order valence-corrected chi connectivity index (χ1v) is 15.7. The van der Waals surface area contributed by atoms with Crippen LogP contribution in [0.1, 0.15) is 40.0 Å². The highest BCUT2D eigenvalue weighted by atomic mass is 79.9. The molecule has 0 saturated carbocycles. The summed E-state index contributed by atoms with van der Waals surface area (Å²) in [4.78, 5) is 47.9. The second-order valence-electron chi connectivity index (χ2n) is 11.7. The number of aliphatic hydroxyl groups excluding tert-OH is 1. The number of anilines is 1. The van der Waals surface area contributed by atoms with Crippen LogP contribution in [0.25, 0.3) is 0 Å². The van der Waals surface area contributed by atoms with Crippen molar-refractivity contribution in [2.45, 2.75) is 68.6 Å². The number of fused-ring (bicyclic) bond motifs is 1. The average molecular weight is 651 g/mol. The molecule has 0 aliphatic carbocycles. The molecule has 2 bridgehead atoms. The van der Waals surface area contributed by atoms with E-state index in [0.29, 0.717) is 36.6 Å². The van der Waals surface area contributed by atoms with Gasteiger partial charge in [0.1, 0.15) is 11.6 Å². The smallest absolute Gasteiger partial charge is 0.253 e. The van der Waals surface area contributed by atoms with Gasteiger partial charge in [0, 0.05) is 35.2 Å². The number of carbonyl (C=O) groups excluding carboxylic acids is 3. The van der Waals surface area contributed by atoms with Gasteiger partial charge in [0.05, 0.1) is 30.6 Å². The lowest BCUT2D eigenvalue weighted by Gasteiger charge is -2.39. The van der Waals surface area contributed by atoms with E-state index < -0.39 is 35.6 Å². The second kappa shape index (κ2) is 13.0. The number of ether oxygens (including phenoxy) is 1. The van der Waals surface area contributed by atoms with Crippen molar-refractivity contribution in [3.05, 3.63) is 54.6 Å². The van der Waals surface area contributed by atoms with E-state index in [1.807, 2.05) is 20.8 Å². The van der Waals surface area contributed by atoms with Crippen LogP contribution in [0.5, 0.6) is 0 Å². The molecule has 3 aliphatic rings. The van der Waals surface area contributed by atoms with Gasteiger partial charge in [0.2, 0.25) is 11.8 Å². The van der Waals surface area contributed by atoms with Crippen molar-refractivity contribution in [3.63, 3.8) is 0 Å². The van der Waals surface area contributed by atoms with Crippen molar-refractivity contribution < 1.29 is 24.2 Å². The molecule has 10 heteroatoms. The maximum atomic E-state index is 14.7. The summed E-state index contributed by atoms with van der Waals surface area (Å²) in [6.07, 6.45) is 4.40. The molecule has 41 heavy (non-hydrogen) atoms. The van der Waals surface area contributed by atoms with Crippen molar-refractivity contribution in [1.29, 1.82) is 0 Å². The van der Waals surface area contributed by atoms with E-state index in [2.05, 4.69) is 29.1 Å². The SMILES string of the molecule is C=CCN(CCC)C(=O)[C@H]1[C@H]2C(=O)N([C@@H](CO)CC(C)C)C(C(=O)N(CC=C)c3ccc(Cl)cc3)C23CC(Br)[C@@H]1O3. The molecule has 8 nitrogen and oxygen atoms in total. The summed E-state index contributed by atoms with van der Waals surface area (Å²) in [5.74, 6) is -2.26. The lowest BCUT2D eigenvalue weighted by molar-refractivity contribution is -0.147. The fourth-order valence-corrected chi connectivity index (χ4v) is 8.06. The summed E-state index contributed by atoms with van der Waals surface area (Å²) >= 11 is 9.88. The van der Waals surface area contributed by atoms with Crippen LogP contribution in [0.2, 0.25) is 5.02 Å². The topological polar surface area (TPSA) is 90.4 Å². The maximum Gasteiger partial charge on any atom is 0.253 e. The minimum atomic E-state index is -1.23. The van der Waals surface area contributed by atoms with Gasteiger partial charge in [-0.1, -0.05) is 60.5 Å². The molecular weight excluding hydrogens is 610 g/mol. The Kier molecular flexibility index (Phi) is 10.0.